The van der Waals surface area contributed by atoms with E-state index in [0.29, 0.717) is 22.9 Å². The molecule has 0 saturated heterocycles. The van der Waals surface area contributed by atoms with Crippen LogP contribution in [0.5, 0.6) is 0 Å². The Bertz CT molecular complexity index is 657. The molecule has 0 saturated carbocycles. The van der Waals surface area contributed by atoms with Crippen LogP contribution in [-0.4, -0.2) is 42.2 Å². The number of benzene rings is 1. The minimum atomic E-state index is -0.384. The number of carbonyl (C=O) groups excluding carboxylic acids is 1. The highest BCUT2D eigenvalue weighted by Gasteiger charge is 2.09. The standard InChI is InChI=1S/C14H18N6O2/c1-20(2)19-13-11(15)12(16-8-17-13)18-10-6-4-9(5-7-10)14(21)22-3/h4-8H,15H2,1-3H3,(H2,16,17,18,19). The topological polar surface area (TPSA) is 105 Å². The smallest absolute Gasteiger partial charge is 0.337 e. The van der Waals surface area contributed by atoms with Gasteiger partial charge in [0.1, 0.15) is 12.0 Å². The van der Waals surface area contributed by atoms with Crippen molar-refractivity contribution in [1.29, 1.82) is 0 Å². The molecule has 0 spiro atoms. The highest BCUT2D eigenvalue weighted by Crippen LogP contribution is 2.25. The van der Waals surface area contributed by atoms with Crippen LogP contribution < -0.4 is 16.5 Å². The van der Waals surface area contributed by atoms with Crippen molar-refractivity contribution in [1.82, 2.24) is 15.0 Å². The first-order valence-electron chi connectivity index (χ1n) is 6.51. The van der Waals surface area contributed by atoms with Gasteiger partial charge in [0.15, 0.2) is 11.6 Å². The molecule has 0 aliphatic rings. The predicted octanol–water partition coefficient (Wildman–Crippen LogP) is 1.48. The fraction of sp³-hybridized carbons (Fsp3) is 0.214. The van der Waals surface area contributed by atoms with Crippen molar-refractivity contribution < 1.29 is 9.53 Å². The second-order valence-corrected chi connectivity index (χ2v) is 4.68. The predicted molar refractivity (Wildman–Crippen MR) is 84.8 cm³/mol. The van der Waals surface area contributed by atoms with Crippen LogP contribution in [0.2, 0.25) is 0 Å². The first-order chi connectivity index (χ1) is 10.5. The van der Waals surface area contributed by atoms with Gasteiger partial charge in [-0.25, -0.2) is 19.8 Å². The Morgan fingerprint density at radius 2 is 1.82 bits per heavy atom. The van der Waals surface area contributed by atoms with E-state index in [4.69, 9.17) is 5.73 Å². The van der Waals surface area contributed by atoms with Gasteiger partial charge in [0, 0.05) is 19.8 Å². The van der Waals surface area contributed by atoms with Crippen LogP contribution in [0.1, 0.15) is 10.4 Å². The molecule has 2 rings (SSSR count). The van der Waals surface area contributed by atoms with Crippen LogP contribution in [0, 0.1) is 0 Å². The molecule has 22 heavy (non-hydrogen) atoms. The maximum absolute atomic E-state index is 11.4. The van der Waals surface area contributed by atoms with Crippen LogP contribution >= 0.6 is 0 Å². The van der Waals surface area contributed by atoms with Gasteiger partial charge in [-0.3, -0.25) is 0 Å². The molecule has 0 bridgehead atoms. The van der Waals surface area contributed by atoms with Gasteiger partial charge in [-0.1, -0.05) is 0 Å². The van der Waals surface area contributed by atoms with Crippen molar-refractivity contribution in [3.05, 3.63) is 36.2 Å². The van der Waals surface area contributed by atoms with E-state index < -0.39 is 0 Å². The number of ether oxygens (including phenoxy) is 1. The minimum absolute atomic E-state index is 0.384. The Balaban J connectivity index is 2.18. The van der Waals surface area contributed by atoms with E-state index in [9.17, 15) is 4.79 Å². The third kappa shape index (κ3) is 3.61. The number of hydrogen-bond donors (Lipinski definition) is 3. The molecule has 0 aliphatic heterocycles. The van der Waals surface area contributed by atoms with Gasteiger partial charge in [0.2, 0.25) is 0 Å². The number of anilines is 4. The maximum Gasteiger partial charge on any atom is 0.337 e. The van der Waals surface area contributed by atoms with E-state index in [1.165, 1.54) is 13.4 Å². The molecule has 0 aliphatic carbocycles. The van der Waals surface area contributed by atoms with Crippen LogP contribution in [0.4, 0.5) is 23.0 Å². The molecule has 0 unspecified atom stereocenters. The Kier molecular flexibility index (Phi) is 4.74. The summed E-state index contributed by atoms with van der Waals surface area (Å²) >= 11 is 0. The van der Waals surface area contributed by atoms with Crippen molar-refractivity contribution in [3.63, 3.8) is 0 Å². The van der Waals surface area contributed by atoms with Crippen molar-refractivity contribution >= 4 is 29.0 Å². The lowest BCUT2D eigenvalue weighted by atomic mass is 10.2. The van der Waals surface area contributed by atoms with Crippen LogP contribution in [0.3, 0.4) is 0 Å². The van der Waals surface area contributed by atoms with Gasteiger partial charge in [-0.05, 0) is 24.3 Å². The van der Waals surface area contributed by atoms with Crippen molar-refractivity contribution in [2.75, 3.05) is 37.7 Å². The summed E-state index contributed by atoms with van der Waals surface area (Å²) in [5, 5.41) is 4.81. The highest BCUT2D eigenvalue weighted by molar-refractivity contribution is 5.90. The number of nitrogens with one attached hydrogen (secondary N) is 2. The lowest BCUT2D eigenvalue weighted by Crippen LogP contribution is -2.21. The molecule has 1 heterocycles. The molecule has 0 amide bonds. The van der Waals surface area contributed by atoms with E-state index in [1.807, 2.05) is 14.1 Å². The second kappa shape index (κ2) is 6.72. The highest BCUT2D eigenvalue weighted by atomic mass is 16.5. The number of aromatic nitrogens is 2. The lowest BCUT2D eigenvalue weighted by molar-refractivity contribution is 0.0601. The van der Waals surface area contributed by atoms with Gasteiger partial charge < -0.3 is 21.2 Å². The third-order valence-electron chi connectivity index (χ3n) is 2.78. The van der Waals surface area contributed by atoms with Crippen molar-refractivity contribution in [3.8, 4) is 0 Å². The SMILES string of the molecule is COC(=O)c1ccc(Nc2ncnc(NN(C)C)c2N)cc1. The molecule has 1 aromatic carbocycles. The number of hydrogen-bond acceptors (Lipinski definition) is 8. The Morgan fingerprint density at radius 1 is 1.18 bits per heavy atom. The summed E-state index contributed by atoms with van der Waals surface area (Å²) in [7, 11) is 5.01. The second-order valence-electron chi connectivity index (χ2n) is 4.68. The van der Waals surface area contributed by atoms with Crippen LogP contribution in [0.25, 0.3) is 0 Å². The molecule has 2 aromatic rings. The number of methoxy groups -OCH3 is 1. The van der Waals surface area contributed by atoms with Gasteiger partial charge >= 0.3 is 5.97 Å². The number of esters is 1. The number of nitrogens with two attached hydrogens (primary N) is 1. The summed E-state index contributed by atoms with van der Waals surface area (Å²) in [6, 6.07) is 6.80. The molecule has 116 valence electrons. The molecule has 8 heteroatoms. The summed E-state index contributed by atoms with van der Waals surface area (Å²) in [5.41, 5.74) is 10.6. The third-order valence-corrected chi connectivity index (χ3v) is 2.78. The monoisotopic (exact) mass is 302 g/mol. The summed E-state index contributed by atoms with van der Waals surface area (Å²) in [6.45, 7) is 0. The van der Waals surface area contributed by atoms with Gasteiger partial charge in [-0.2, -0.15) is 0 Å². The van der Waals surface area contributed by atoms with Crippen LogP contribution in [0.15, 0.2) is 30.6 Å². The van der Waals surface area contributed by atoms with Gasteiger partial charge in [-0.15, -0.1) is 0 Å². The minimum Gasteiger partial charge on any atom is -0.465 e. The fourth-order valence-electron chi connectivity index (χ4n) is 1.74. The normalized spacial score (nSPS) is 10.4. The molecule has 0 radical (unpaired) electrons. The van der Waals surface area contributed by atoms with Gasteiger partial charge in [0.05, 0.1) is 12.7 Å². The zero-order valence-corrected chi connectivity index (χ0v) is 12.6. The molecular formula is C14H18N6O2. The van der Waals surface area contributed by atoms with E-state index >= 15 is 0 Å². The Morgan fingerprint density at radius 3 is 2.41 bits per heavy atom. The Hall–Kier alpha value is -2.87. The van der Waals surface area contributed by atoms with Gasteiger partial charge in [0.25, 0.3) is 0 Å². The lowest BCUT2D eigenvalue weighted by Gasteiger charge is -2.16. The number of rotatable bonds is 5. The van der Waals surface area contributed by atoms with Crippen molar-refractivity contribution in [2.24, 2.45) is 0 Å². The number of nitrogens with zero attached hydrogens (tertiary/aromatic N) is 3. The first-order valence-corrected chi connectivity index (χ1v) is 6.51. The average Bonchev–Trinajstić information content (AvgIpc) is 2.51. The number of hydrazine groups is 1. The number of nitrogen functional groups attached to an aromatic ring is 1. The summed E-state index contributed by atoms with van der Waals surface area (Å²) < 4.78 is 4.65. The summed E-state index contributed by atoms with van der Waals surface area (Å²) in [5.74, 6) is 0.601. The molecular weight excluding hydrogens is 284 g/mol. The van der Waals surface area contributed by atoms with E-state index in [1.54, 1.807) is 29.3 Å². The number of carbonyl (C=O) groups is 1. The van der Waals surface area contributed by atoms with E-state index in [-0.39, 0.29) is 5.97 Å². The zero-order valence-electron chi connectivity index (χ0n) is 12.6. The maximum atomic E-state index is 11.4. The zero-order chi connectivity index (χ0) is 16.1. The molecule has 0 atom stereocenters. The molecule has 1 aromatic heterocycles. The Labute approximate surface area is 128 Å². The average molecular weight is 302 g/mol. The largest absolute Gasteiger partial charge is 0.465 e. The van der Waals surface area contributed by atoms with Crippen LogP contribution in [-0.2, 0) is 4.74 Å². The molecule has 8 nitrogen and oxygen atoms in total. The van der Waals surface area contributed by atoms with Crippen molar-refractivity contribution in [2.45, 2.75) is 0 Å². The summed E-state index contributed by atoms with van der Waals surface area (Å²) in [6.07, 6.45) is 1.41. The molecule has 4 N–H and O–H groups in total. The summed E-state index contributed by atoms with van der Waals surface area (Å²) in [4.78, 5) is 19.6. The quantitative estimate of drug-likeness (QED) is 0.563. The van der Waals surface area contributed by atoms with E-state index in [2.05, 4.69) is 25.4 Å². The molecule has 0 fully saturated rings. The van der Waals surface area contributed by atoms with E-state index in [0.717, 1.165) is 5.69 Å². The first kappa shape index (κ1) is 15.5. The fourth-order valence-corrected chi connectivity index (χ4v) is 1.74.